The zero-order valence-corrected chi connectivity index (χ0v) is 13.1. The van der Waals surface area contributed by atoms with Gasteiger partial charge < -0.3 is 15.8 Å². The van der Waals surface area contributed by atoms with Gasteiger partial charge in [-0.05, 0) is 31.0 Å². The SMILES string of the molecule is COc1ccc(NC(=O)C2CCN(S(N)(=O)=O)CC2)cc1N. The molecule has 122 valence electrons. The minimum absolute atomic E-state index is 0.154. The van der Waals surface area contributed by atoms with Crippen molar-refractivity contribution in [2.45, 2.75) is 12.8 Å². The summed E-state index contributed by atoms with van der Waals surface area (Å²) in [5, 5.41) is 7.85. The normalized spacial score (nSPS) is 17.2. The molecule has 1 amide bonds. The first-order valence-electron chi connectivity index (χ1n) is 6.83. The molecule has 1 aliphatic rings. The number of hydrogen-bond acceptors (Lipinski definition) is 5. The molecule has 0 spiro atoms. The molecule has 1 fully saturated rings. The molecule has 1 saturated heterocycles. The average molecular weight is 328 g/mol. The standard InChI is InChI=1S/C13H20N4O4S/c1-21-12-3-2-10(8-11(12)14)16-13(18)9-4-6-17(7-5-9)22(15,19)20/h2-3,8-9H,4-7,14H2,1H3,(H,16,18)(H2,15,19,20). The first-order chi connectivity index (χ1) is 10.3. The van der Waals surface area contributed by atoms with Crippen LogP contribution in [0.2, 0.25) is 0 Å². The number of carbonyl (C=O) groups excluding carboxylic acids is 1. The van der Waals surface area contributed by atoms with Crippen LogP contribution in [0.25, 0.3) is 0 Å². The van der Waals surface area contributed by atoms with Gasteiger partial charge in [-0.25, -0.2) is 5.14 Å². The number of benzene rings is 1. The van der Waals surface area contributed by atoms with Gasteiger partial charge in [-0.2, -0.15) is 12.7 Å². The first kappa shape index (κ1) is 16.5. The van der Waals surface area contributed by atoms with Crippen LogP contribution in [0, 0.1) is 5.92 Å². The molecular formula is C13H20N4O4S. The zero-order valence-electron chi connectivity index (χ0n) is 12.3. The van der Waals surface area contributed by atoms with Gasteiger partial charge in [0.1, 0.15) is 5.75 Å². The van der Waals surface area contributed by atoms with E-state index in [1.807, 2.05) is 0 Å². The van der Waals surface area contributed by atoms with Crippen LogP contribution >= 0.6 is 0 Å². The minimum Gasteiger partial charge on any atom is -0.495 e. The molecule has 0 aliphatic carbocycles. The van der Waals surface area contributed by atoms with E-state index in [4.69, 9.17) is 15.6 Å². The van der Waals surface area contributed by atoms with Crippen molar-refractivity contribution in [1.82, 2.24) is 4.31 Å². The number of nitrogens with one attached hydrogen (secondary N) is 1. The summed E-state index contributed by atoms with van der Waals surface area (Å²) in [6, 6.07) is 5.00. The fourth-order valence-corrected chi connectivity index (χ4v) is 3.15. The number of rotatable bonds is 4. The Balaban J connectivity index is 1.95. The van der Waals surface area contributed by atoms with Gasteiger partial charge in [-0.1, -0.05) is 0 Å². The number of nitrogens with zero attached hydrogens (tertiary/aromatic N) is 1. The van der Waals surface area contributed by atoms with Gasteiger partial charge in [0.2, 0.25) is 5.91 Å². The quantitative estimate of drug-likeness (QED) is 0.677. The van der Waals surface area contributed by atoms with E-state index >= 15 is 0 Å². The predicted octanol–water partition coefficient (Wildman–Crippen LogP) is 0.131. The highest BCUT2D eigenvalue weighted by Gasteiger charge is 2.29. The van der Waals surface area contributed by atoms with Crippen molar-refractivity contribution in [3.63, 3.8) is 0 Å². The summed E-state index contributed by atoms with van der Waals surface area (Å²) in [5.74, 6) is 0.138. The Labute approximate surface area is 129 Å². The highest BCUT2D eigenvalue weighted by Crippen LogP contribution is 2.26. The number of nitrogens with two attached hydrogens (primary N) is 2. The van der Waals surface area contributed by atoms with Gasteiger partial charge in [0, 0.05) is 24.7 Å². The highest BCUT2D eigenvalue weighted by atomic mass is 32.2. The van der Waals surface area contributed by atoms with Crippen molar-refractivity contribution in [2.24, 2.45) is 11.1 Å². The Hall–Kier alpha value is -1.84. The smallest absolute Gasteiger partial charge is 0.276 e. The van der Waals surface area contributed by atoms with Gasteiger partial charge in [-0.3, -0.25) is 4.79 Å². The molecule has 5 N–H and O–H groups in total. The second-order valence-corrected chi connectivity index (χ2v) is 6.71. The van der Waals surface area contributed by atoms with Gasteiger partial charge >= 0.3 is 0 Å². The van der Waals surface area contributed by atoms with Crippen LogP contribution in [0.4, 0.5) is 11.4 Å². The summed E-state index contributed by atoms with van der Waals surface area (Å²) in [6.07, 6.45) is 0.877. The molecule has 0 bridgehead atoms. The van der Waals surface area contributed by atoms with Crippen molar-refractivity contribution in [1.29, 1.82) is 0 Å². The highest BCUT2D eigenvalue weighted by molar-refractivity contribution is 7.86. The predicted molar refractivity (Wildman–Crippen MR) is 83.4 cm³/mol. The number of amides is 1. The van der Waals surface area contributed by atoms with Crippen LogP contribution < -0.4 is 20.9 Å². The lowest BCUT2D eigenvalue weighted by Gasteiger charge is -2.29. The van der Waals surface area contributed by atoms with Crippen molar-refractivity contribution in [3.05, 3.63) is 18.2 Å². The van der Waals surface area contributed by atoms with E-state index in [9.17, 15) is 13.2 Å². The number of methoxy groups -OCH3 is 1. The Morgan fingerprint density at radius 2 is 2.00 bits per heavy atom. The number of hydrogen-bond donors (Lipinski definition) is 3. The van der Waals surface area contributed by atoms with Crippen molar-refractivity contribution >= 4 is 27.5 Å². The number of anilines is 2. The van der Waals surface area contributed by atoms with Gasteiger partial charge in [-0.15, -0.1) is 0 Å². The lowest BCUT2D eigenvalue weighted by molar-refractivity contribution is -0.120. The fourth-order valence-electron chi connectivity index (χ4n) is 2.43. The van der Waals surface area contributed by atoms with Crippen LogP contribution in [0.3, 0.4) is 0 Å². The summed E-state index contributed by atoms with van der Waals surface area (Å²) < 4.78 is 28.7. The molecule has 0 unspecified atom stereocenters. The lowest BCUT2D eigenvalue weighted by atomic mass is 9.97. The summed E-state index contributed by atoms with van der Waals surface area (Å²) in [7, 11) is -2.16. The third kappa shape index (κ3) is 3.87. The first-order valence-corrected chi connectivity index (χ1v) is 8.34. The minimum atomic E-state index is -3.68. The van der Waals surface area contributed by atoms with Crippen LogP contribution in [0.15, 0.2) is 18.2 Å². The van der Waals surface area contributed by atoms with Crippen molar-refractivity contribution < 1.29 is 17.9 Å². The lowest BCUT2D eigenvalue weighted by Crippen LogP contribution is -2.44. The molecule has 8 nitrogen and oxygen atoms in total. The number of carbonyl (C=O) groups is 1. The Bertz CT molecular complexity index is 654. The fraction of sp³-hybridized carbons (Fsp3) is 0.462. The number of piperidine rings is 1. The molecule has 0 atom stereocenters. The van der Waals surface area contributed by atoms with E-state index in [0.29, 0.717) is 30.0 Å². The zero-order chi connectivity index (χ0) is 16.3. The molecule has 1 aliphatic heterocycles. The molecule has 0 saturated carbocycles. The largest absolute Gasteiger partial charge is 0.495 e. The average Bonchev–Trinajstić information content (AvgIpc) is 2.46. The van der Waals surface area contributed by atoms with E-state index in [0.717, 1.165) is 0 Å². The number of ether oxygens (including phenoxy) is 1. The molecule has 0 radical (unpaired) electrons. The topological polar surface area (TPSA) is 128 Å². The summed E-state index contributed by atoms with van der Waals surface area (Å²) in [6.45, 7) is 0.503. The summed E-state index contributed by atoms with van der Waals surface area (Å²) in [4.78, 5) is 12.2. The van der Waals surface area contributed by atoms with E-state index in [1.54, 1.807) is 18.2 Å². The maximum Gasteiger partial charge on any atom is 0.276 e. The van der Waals surface area contributed by atoms with E-state index in [1.165, 1.54) is 11.4 Å². The van der Waals surface area contributed by atoms with Crippen LogP contribution in [0.1, 0.15) is 12.8 Å². The molecule has 1 heterocycles. The second kappa shape index (κ2) is 6.51. The van der Waals surface area contributed by atoms with Crippen molar-refractivity contribution in [3.8, 4) is 5.75 Å². The molecule has 9 heteroatoms. The van der Waals surface area contributed by atoms with E-state index in [-0.39, 0.29) is 24.9 Å². The van der Waals surface area contributed by atoms with Crippen molar-refractivity contribution in [2.75, 3.05) is 31.2 Å². The molecule has 2 rings (SSSR count). The third-order valence-electron chi connectivity index (χ3n) is 3.68. The molecule has 0 aromatic heterocycles. The third-order valence-corrected chi connectivity index (χ3v) is 4.77. The second-order valence-electron chi connectivity index (χ2n) is 5.16. The number of nitrogen functional groups attached to an aromatic ring is 1. The summed E-state index contributed by atoms with van der Waals surface area (Å²) >= 11 is 0. The van der Waals surface area contributed by atoms with Gasteiger partial charge in [0.15, 0.2) is 0 Å². The van der Waals surface area contributed by atoms with Gasteiger partial charge in [0.05, 0.1) is 12.8 Å². The molecular weight excluding hydrogens is 308 g/mol. The van der Waals surface area contributed by atoms with E-state index in [2.05, 4.69) is 5.32 Å². The molecule has 1 aromatic carbocycles. The van der Waals surface area contributed by atoms with Gasteiger partial charge in [0.25, 0.3) is 10.2 Å². The van der Waals surface area contributed by atoms with Crippen LogP contribution in [-0.4, -0.2) is 38.8 Å². The van der Waals surface area contributed by atoms with Crippen LogP contribution in [0.5, 0.6) is 5.75 Å². The molecule has 1 aromatic rings. The Morgan fingerprint density at radius 1 is 1.36 bits per heavy atom. The van der Waals surface area contributed by atoms with E-state index < -0.39 is 10.2 Å². The molecule has 22 heavy (non-hydrogen) atoms. The maximum atomic E-state index is 12.2. The Kier molecular flexibility index (Phi) is 4.89. The maximum absolute atomic E-state index is 12.2. The summed E-state index contributed by atoms with van der Waals surface area (Å²) in [5.41, 5.74) is 6.80. The van der Waals surface area contributed by atoms with Crippen LogP contribution in [-0.2, 0) is 15.0 Å². The Morgan fingerprint density at radius 3 is 2.50 bits per heavy atom. The monoisotopic (exact) mass is 328 g/mol.